The van der Waals surface area contributed by atoms with Crippen LogP contribution in [0.2, 0.25) is 0 Å². The lowest BCUT2D eigenvalue weighted by Crippen LogP contribution is -2.21. The van der Waals surface area contributed by atoms with Crippen LogP contribution in [0.1, 0.15) is 10.5 Å². The van der Waals surface area contributed by atoms with E-state index in [-0.39, 0.29) is 12.5 Å². The molecule has 2 N–H and O–H groups in total. The zero-order chi connectivity index (χ0) is 18.8. The minimum atomic E-state index is -0.612. The zero-order valence-corrected chi connectivity index (χ0v) is 14.3. The summed E-state index contributed by atoms with van der Waals surface area (Å²) in [6.45, 7) is 0.148. The summed E-state index contributed by atoms with van der Waals surface area (Å²) in [7, 11) is 1.57. The number of rotatable bonds is 4. The number of fused-ring (bicyclic) bond motifs is 1. The fourth-order valence-electron chi connectivity index (χ4n) is 2.66. The molecule has 0 atom stereocenters. The molecule has 0 saturated carbocycles. The van der Waals surface area contributed by atoms with Crippen molar-refractivity contribution in [3.63, 3.8) is 0 Å². The summed E-state index contributed by atoms with van der Waals surface area (Å²) in [5.74, 6) is 1.38. The molecule has 0 spiro atoms. The van der Waals surface area contributed by atoms with Crippen molar-refractivity contribution in [3.8, 4) is 28.5 Å². The van der Waals surface area contributed by atoms with Gasteiger partial charge in [0.05, 0.1) is 12.8 Å². The summed E-state index contributed by atoms with van der Waals surface area (Å²) in [5, 5.41) is 2.72. The number of H-pyrrole nitrogens is 1. The summed E-state index contributed by atoms with van der Waals surface area (Å²) in [6, 6.07) is 13.6. The second-order valence-corrected chi connectivity index (χ2v) is 5.74. The van der Waals surface area contributed by atoms with Gasteiger partial charge in [-0.3, -0.25) is 4.79 Å². The van der Waals surface area contributed by atoms with Gasteiger partial charge in [-0.2, -0.15) is 4.98 Å². The van der Waals surface area contributed by atoms with Gasteiger partial charge < -0.3 is 24.5 Å². The van der Waals surface area contributed by atoms with Gasteiger partial charge in [0, 0.05) is 17.3 Å². The van der Waals surface area contributed by atoms with Crippen LogP contribution in [-0.4, -0.2) is 29.8 Å². The predicted octanol–water partition coefficient (Wildman–Crippen LogP) is 2.43. The van der Waals surface area contributed by atoms with E-state index in [1.54, 1.807) is 49.6 Å². The van der Waals surface area contributed by atoms with Gasteiger partial charge in [-0.1, -0.05) is 0 Å². The topological polar surface area (TPSA) is 103 Å². The molecule has 2 heterocycles. The lowest BCUT2D eigenvalue weighted by atomic mass is 10.1. The Morgan fingerprint density at radius 2 is 1.89 bits per heavy atom. The molecule has 4 rings (SSSR count). The Balaban J connectivity index is 1.60. The molecule has 0 aliphatic carbocycles. The van der Waals surface area contributed by atoms with Crippen molar-refractivity contribution in [3.05, 3.63) is 64.7 Å². The zero-order valence-electron chi connectivity index (χ0n) is 14.3. The molecule has 1 aromatic heterocycles. The van der Waals surface area contributed by atoms with Gasteiger partial charge in [-0.15, -0.1) is 0 Å². The number of nitrogens with zero attached hydrogens (tertiary/aromatic N) is 1. The van der Waals surface area contributed by atoms with E-state index < -0.39 is 11.6 Å². The standard InChI is InChI=1S/C19H15N3O5/c1-25-13-5-2-11(3-6-13)14-9-15(22-19(24)21-14)18(23)20-12-4-7-16-17(8-12)27-10-26-16/h2-9H,10H2,1H3,(H,20,23)(H,21,22,24). The molecule has 27 heavy (non-hydrogen) atoms. The molecule has 8 nitrogen and oxygen atoms in total. The van der Waals surface area contributed by atoms with Crippen LogP contribution in [0.5, 0.6) is 17.2 Å². The Morgan fingerprint density at radius 3 is 2.67 bits per heavy atom. The summed E-state index contributed by atoms with van der Waals surface area (Å²) in [5.41, 5.74) is 1.09. The van der Waals surface area contributed by atoms with E-state index >= 15 is 0 Å². The molecule has 0 fully saturated rings. The number of amides is 1. The molecule has 1 amide bonds. The van der Waals surface area contributed by atoms with Crippen molar-refractivity contribution < 1.29 is 19.0 Å². The van der Waals surface area contributed by atoms with E-state index in [0.29, 0.717) is 34.2 Å². The number of carbonyl (C=O) groups excluding carboxylic acids is 1. The SMILES string of the molecule is COc1ccc(-c2cc(C(=O)Nc3ccc4c(c3)OCO4)[nH]c(=O)n2)cc1. The number of methoxy groups -OCH3 is 1. The monoisotopic (exact) mass is 365 g/mol. The first-order valence-corrected chi connectivity index (χ1v) is 8.09. The fourth-order valence-corrected chi connectivity index (χ4v) is 2.66. The van der Waals surface area contributed by atoms with Crippen molar-refractivity contribution in [2.75, 3.05) is 19.2 Å². The van der Waals surface area contributed by atoms with Crippen molar-refractivity contribution in [2.45, 2.75) is 0 Å². The van der Waals surface area contributed by atoms with Crippen LogP contribution in [0.3, 0.4) is 0 Å². The maximum atomic E-state index is 12.5. The molecule has 136 valence electrons. The predicted molar refractivity (Wildman–Crippen MR) is 97.4 cm³/mol. The molecule has 2 aromatic carbocycles. The molecule has 1 aliphatic rings. The van der Waals surface area contributed by atoms with Crippen LogP contribution in [-0.2, 0) is 0 Å². The number of benzene rings is 2. The Hall–Kier alpha value is -3.81. The molecular formula is C19H15N3O5. The number of carbonyl (C=O) groups is 1. The number of anilines is 1. The molecule has 1 aliphatic heterocycles. The molecule has 8 heteroatoms. The average molecular weight is 365 g/mol. The van der Waals surface area contributed by atoms with Crippen molar-refractivity contribution in [1.29, 1.82) is 0 Å². The van der Waals surface area contributed by atoms with E-state index in [1.165, 1.54) is 6.07 Å². The third-order valence-electron chi connectivity index (χ3n) is 4.01. The number of hydrogen-bond donors (Lipinski definition) is 2. The van der Waals surface area contributed by atoms with E-state index in [0.717, 1.165) is 0 Å². The van der Waals surface area contributed by atoms with Gasteiger partial charge in [0.15, 0.2) is 11.5 Å². The molecule has 0 saturated heterocycles. The molecule has 0 unspecified atom stereocenters. The van der Waals surface area contributed by atoms with Crippen LogP contribution >= 0.6 is 0 Å². The first-order chi connectivity index (χ1) is 13.1. The highest BCUT2D eigenvalue weighted by Gasteiger charge is 2.16. The van der Waals surface area contributed by atoms with E-state index in [2.05, 4.69) is 15.3 Å². The Morgan fingerprint density at radius 1 is 1.11 bits per heavy atom. The maximum Gasteiger partial charge on any atom is 0.346 e. The Kier molecular flexibility index (Phi) is 4.21. The van der Waals surface area contributed by atoms with Crippen LogP contribution < -0.4 is 25.2 Å². The van der Waals surface area contributed by atoms with Gasteiger partial charge in [-0.25, -0.2) is 4.79 Å². The largest absolute Gasteiger partial charge is 0.497 e. The highest BCUT2D eigenvalue weighted by Crippen LogP contribution is 2.34. The summed E-state index contributed by atoms with van der Waals surface area (Å²) in [4.78, 5) is 30.8. The van der Waals surface area contributed by atoms with E-state index in [1.807, 2.05) is 0 Å². The molecule has 0 radical (unpaired) electrons. The van der Waals surface area contributed by atoms with E-state index in [9.17, 15) is 9.59 Å². The number of aromatic nitrogens is 2. The van der Waals surface area contributed by atoms with E-state index in [4.69, 9.17) is 14.2 Å². The van der Waals surface area contributed by atoms with Crippen LogP contribution in [0, 0.1) is 0 Å². The van der Waals surface area contributed by atoms with Crippen molar-refractivity contribution in [2.24, 2.45) is 0 Å². The lowest BCUT2D eigenvalue weighted by Gasteiger charge is -2.08. The summed E-state index contributed by atoms with van der Waals surface area (Å²) < 4.78 is 15.6. The highest BCUT2D eigenvalue weighted by atomic mass is 16.7. The first-order valence-electron chi connectivity index (χ1n) is 8.09. The number of nitrogens with one attached hydrogen (secondary N) is 2. The third kappa shape index (κ3) is 3.45. The Bertz CT molecular complexity index is 1060. The first kappa shape index (κ1) is 16.6. The molecular weight excluding hydrogens is 350 g/mol. The van der Waals surface area contributed by atoms with Crippen molar-refractivity contribution in [1.82, 2.24) is 9.97 Å². The van der Waals surface area contributed by atoms with Gasteiger partial charge in [0.2, 0.25) is 6.79 Å². The van der Waals surface area contributed by atoms with Gasteiger partial charge in [0.1, 0.15) is 11.4 Å². The average Bonchev–Trinajstić information content (AvgIpc) is 3.15. The molecule has 0 bridgehead atoms. The minimum absolute atomic E-state index is 0.0958. The highest BCUT2D eigenvalue weighted by molar-refractivity contribution is 6.03. The lowest BCUT2D eigenvalue weighted by molar-refractivity contribution is 0.102. The fraction of sp³-hybridized carbons (Fsp3) is 0.105. The van der Waals surface area contributed by atoms with Crippen molar-refractivity contribution >= 4 is 11.6 Å². The summed E-state index contributed by atoms with van der Waals surface area (Å²) >= 11 is 0. The third-order valence-corrected chi connectivity index (χ3v) is 4.01. The van der Waals surface area contributed by atoms with Crippen LogP contribution in [0.25, 0.3) is 11.3 Å². The Labute approximate surface area is 153 Å². The number of aromatic amines is 1. The number of hydrogen-bond acceptors (Lipinski definition) is 6. The normalized spacial score (nSPS) is 11.9. The molecule has 3 aromatic rings. The van der Waals surface area contributed by atoms with Crippen LogP contribution in [0.4, 0.5) is 5.69 Å². The van der Waals surface area contributed by atoms with Gasteiger partial charge in [0.25, 0.3) is 5.91 Å². The second-order valence-electron chi connectivity index (χ2n) is 5.74. The summed E-state index contributed by atoms with van der Waals surface area (Å²) in [6.07, 6.45) is 0. The number of ether oxygens (including phenoxy) is 3. The van der Waals surface area contributed by atoms with Gasteiger partial charge in [-0.05, 0) is 42.5 Å². The maximum absolute atomic E-state index is 12.5. The van der Waals surface area contributed by atoms with Gasteiger partial charge >= 0.3 is 5.69 Å². The second kappa shape index (κ2) is 6.83. The smallest absolute Gasteiger partial charge is 0.346 e. The van der Waals surface area contributed by atoms with Crippen LogP contribution in [0.15, 0.2) is 53.3 Å². The quantitative estimate of drug-likeness (QED) is 0.736. The minimum Gasteiger partial charge on any atom is -0.497 e.